The molecule has 2 N–H and O–H groups in total. The molecule has 4 aromatic rings. The summed E-state index contributed by atoms with van der Waals surface area (Å²) in [5.74, 6) is -0.624. The maximum absolute atomic E-state index is 13.7. The monoisotopic (exact) mass is 367 g/mol. The zero-order valence-electron chi connectivity index (χ0n) is 13.5. The summed E-state index contributed by atoms with van der Waals surface area (Å²) < 4.78 is 15.3. The van der Waals surface area contributed by atoms with Crippen molar-refractivity contribution in [1.82, 2.24) is 20.0 Å². The van der Waals surface area contributed by atoms with E-state index in [1.165, 1.54) is 12.3 Å². The highest BCUT2D eigenvalue weighted by molar-refractivity contribution is 7.13. The van der Waals surface area contributed by atoms with Gasteiger partial charge < -0.3 is 5.32 Å². The van der Waals surface area contributed by atoms with Gasteiger partial charge in [-0.05, 0) is 23.6 Å². The van der Waals surface area contributed by atoms with E-state index in [4.69, 9.17) is 0 Å². The number of nitrogens with one attached hydrogen (secondary N) is 2. The minimum absolute atomic E-state index is 0.285. The van der Waals surface area contributed by atoms with Crippen molar-refractivity contribution in [3.05, 3.63) is 77.3 Å². The molecular formula is C18H14FN5OS. The molecule has 3 aromatic heterocycles. The second-order valence-electron chi connectivity index (χ2n) is 5.62. The van der Waals surface area contributed by atoms with E-state index < -0.39 is 0 Å². The van der Waals surface area contributed by atoms with Crippen LogP contribution in [0.15, 0.2) is 60.2 Å². The standard InChI is InChI=1S/C18H14FN5OS/c19-14-5-2-1-4-12(14)10-24-11-13(9-20-24)21-18(25)16-8-15(22-23-16)17-6-3-7-26-17/h1-9,11H,10H2,(H,21,25)(H,22,23). The molecule has 1 aromatic carbocycles. The molecule has 0 fully saturated rings. The lowest BCUT2D eigenvalue weighted by atomic mass is 10.2. The van der Waals surface area contributed by atoms with Crippen LogP contribution >= 0.6 is 11.3 Å². The Morgan fingerprint density at radius 2 is 2.15 bits per heavy atom. The lowest BCUT2D eigenvalue weighted by Gasteiger charge is -2.03. The van der Waals surface area contributed by atoms with Crippen LogP contribution in [0.5, 0.6) is 0 Å². The molecule has 0 saturated carbocycles. The molecule has 0 aliphatic heterocycles. The van der Waals surface area contributed by atoms with Crippen molar-refractivity contribution in [2.24, 2.45) is 0 Å². The van der Waals surface area contributed by atoms with E-state index in [9.17, 15) is 9.18 Å². The third kappa shape index (κ3) is 3.40. The van der Waals surface area contributed by atoms with Crippen LogP contribution in [0.25, 0.3) is 10.6 Å². The number of rotatable bonds is 5. The number of hydrogen-bond acceptors (Lipinski definition) is 4. The summed E-state index contributed by atoms with van der Waals surface area (Å²) in [6.45, 7) is 0.285. The van der Waals surface area contributed by atoms with Crippen LogP contribution in [0.2, 0.25) is 0 Å². The fraction of sp³-hybridized carbons (Fsp3) is 0.0556. The molecule has 8 heteroatoms. The van der Waals surface area contributed by atoms with E-state index in [1.54, 1.807) is 46.5 Å². The molecule has 0 aliphatic rings. The molecule has 1 amide bonds. The Hall–Kier alpha value is -3.26. The van der Waals surface area contributed by atoms with Crippen molar-refractivity contribution in [1.29, 1.82) is 0 Å². The van der Waals surface area contributed by atoms with Crippen LogP contribution in [0.4, 0.5) is 10.1 Å². The fourth-order valence-electron chi connectivity index (χ4n) is 2.51. The van der Waals surface area contributed by atoms with E-state index >= 15 is 0 Å². The Bertz CT molecular complexity index is 1040. The third-order valence-electron chi connectivity index (χ3n) is 3.78. The maximum atomic E-state index is 13.7. The lowest BCUT2D eigenvalue weighted by Crippen LogP contribution is -2.11. The number of H-pyrrole nitrogens is 1. The number of aromatic amines is 1. The molecule has 0 aliphatic carbocycles. The molecule has 0 saturated heterocycles. The summed E-state index contributed by atoms with van der Waals surface area (Å²) in [6.07, 6.45) is 3.17. The minimum Gasteiger partial charge on any atom is -0.318 e. The summed E-state index contributed by atoms with van der Waals surface area (Å²) in [4.78, 5) is 13.3. The molecule has 0 unspecified atom stereocenters. The highest BCUT2D eigenvalue weighted by Crippen LogP contribution is 2.23. The summed E-state index contributed by atoms with van der Waals surface area (Å²) in [6, 6.07) is 12.1. The van der Waals surface area contributed by atoms with Crippen LogP contribution in [-0.2, 0) is 6.54 Å². The van der Waals surface area contributed by atoms with Crippen molar-refractivity contribution in [3.8, 4) is 10.6 Å². The number of hydrogen-bond donors (Lipinski definition) is 2. The number of nitrogens with zero attached hydrogens (tertiary/aromatic N) is 3. The largest absolute Gasteiger partial charge is 0.318 e. The molecule has 3 heterocycles. The number of anilines is 1. The topological polar surface area (TPSA) is 75.6 Å². The number of carbonyl (C=O) groups excluding carboxylic acids is 1. The molecule has 4 rings (SSSR count). The lowest BCUT2D eigenvalue weighted by molar-refractivity contribution is 0.102. The average Bonchev–Trinajstić information content (AvgIpc) is 3.38. The number of aromatic nitrogens is 4. The van der Waals surface area contributed by atoms with E-state index in [0.717, 1.165) is 10.6 Å². The second kappa shape index (κ2) is 6.93. The van der Waals surface area contributed by atoms with Crippen molar-refractivity contribution in [2.75, 3.05) is 5.32 Å². The van der Waals surface area contributed by atoms with Crippen LogP contribution in [-0.4, -0.2) is 25.9 Å². The van der Waals surface area contributed by atoms with Crippen molar-refractivity contribution >= 4 is 22.9 Å². The summed E-state index contributed by atoms with van der Waals surface area (Å²) in [5.41, 5.74) is 2.13. The highest BCUT2D eigenvalue weighted by Gasteiger charge is 2.13. The predicted octanol–water partition coefficient (Wildman–Crippen LogP) is 3.77. The van der Waals surface area contributed by atoms with E-state index in [2.05, 4.69) is 20.6 Å². The van der Waals surface area contributed by atoms with E-state index in [0.29, 0.717) is 11.3 Å². The Balaban J connectivity index is 1.44. The number of thiophene rings is 1. The highest BCUT2D eigenvalue weighted by atomic mass is 32.1. The molecule has 26 heavy (non-hydrogen) atoms. The van der Waals surface area contributed by atoms with Gasteiger partial charge in [0.1, 0.15) is 5.82 Å². The molecule has 0 spiro atoms. The van der Waals surface area contributed by atoms with Gasteiger partial charge in [-0.15, -0.1) is 11.3 Å². The van der Waals surface area contributed by atoms with Gasteiger partial charge in [0, 0.05) is 11.8 Å². The van der Waals surface area contributed by atoms with Crippen molar-refractivity contribution in [2.45, 2.75) is 6.54 Å². The first-order chi connectivity index (χ1) is 12.7. The van der Waals surface area contributed by atoms with Gasteiger partial charge >= 0.3 is 0 Å². The van der Waals surface area contributed by atoms with Gasteiger partial charge in [-0.3, -0.25) is 14.6 Å². The quantitative estimate of drug-likeness (QED) is 0.564. The van der Waals surface area contributed by atoms with Gasteiger partial charge in [0.05, 0.1) is 29.0 Å². The SMILES string of the molecule is O=C(Nc1cnn(Cc2ccccc2F)c1)c1cc(-c2cccs2)[nH]n1. The first-order valence-corrected chi connectivity index (χ1v) is 8.73. The van der Waals surface area contributed by atoms with Crippen LogP contribution < -0.4 is 5.32 Å². The molecule has 0 bridgehead atoms. The van der Waals surface area contributed by atoms with Gasteiger partial charge in [-0.1, -0.05) is 24.3 Å². The summed E-state index contributed by atoms with van der Waals surface area (Å²) in [7, 11) is 0. The molecule has 130 valence electrons. The average molecular weight is 367 g/mol. The third-order valence-corrected chi connectivity index (χ3v) is 4.68. The predicted molar refractivity (Wildman–Crippen MR) is 97.6 cm³/mol. The Kier molecular flexibility index (Phi) is 4.32. The second-order valence-corrected chi connectivity index (χ2v) is 6.56. The molecule has 6 nitrogen and oxygen atoms in total. The van der Waals surface area contributed by atoms with Gasteiger partial charge in [-0.25, -0.2) is 4.39 Å². The number of amides is 1. The van der Waals surface area contributed by atoms with Crippen molar-refractivity contribution in [3.63, 3.8) is 0 Å². The van der Waals surface area contributed by atoms with Crippen molar-refractivity contribution < 1.29 is 9.18 Å². The van der Waals surface area contributed by atoms with Crippen LogP contribution in [0, 0.1) is 5.82 Å². The van der Waals surface area contributed by atoms with E-state index in [-0.39, 0.29) is 24.0 Å². The minimum atomic E-state index is -0.338. The fourth-order valence-corrected chi connectivity index (χ4v) is 3.20. The van der Waals surface area contributed by atoms with Gasteiger partial charge in [-0.2, -0.15) is 10.2 Å². The summed E-state index contributed by atoms with van der Waals surface area (Å²) in [5, 5.41) is 15.8. The first kappa shape index (κ1) is 16.2. The molecule has 0 atom stereocenters. The Labute approximate surface area is 152 Å². The Morgan fingerprint density at radius 1 is 1.27 bits per heavy atom. The first-order valence-electron chi connectivity index (χ1n) is 7.85. The molecule has 0 radical (unpaired) electrons. The zero-order chi connectivity index (χ0) is 17.9. The number of carbonyl (C=O) groups is 1. The van der Waals surface area contributed by atoms with Crippen LogP contribution in [0.3, 0.4) is 0 Å². The number of benzene rings is 1. The van der Waals surface area contributed by atoms with E-state index in [1.807, 2.05) is 17.5 Å². The van der Waals surface area contributed by atoms with Crippen LogP contribution in [0.1, 0.15) is 16.1 Å². The Morgan fingerprint density at radius 3 is 2.96 bits per heavy atom. The van der Waals surface area contributed by atoms with Gasteiger partial charge in [0.15, 0.2) is 5.69 Å². The van der Waals surface area contributed by atoms with Gasteiger partial charge in [0.25, 0.3) is 5.91 Å². The normalized spacial score (nSPS) is 10.8. The summed E-state index contributed by atoms with van der Waals surface area (Å²) >= 11 is 1.56. The molecular weight excluding hydrogens is 353 g/mol. The maximum Gasteiger partial charge on any atom is 0.276 e. The number of halogens is 1. The van der Waals surface area contributed by atoms with Gasteiger partial charge in [0.2, 0.25) is 0 Å². The zero-order valence-corrected chi connectivity index (χ0v) is 14.3. The smallest absolute Gasteiger partial charge is 0.276 e.